The lowest BCUT2D eigenvalue weighted by Gasteiger charge is -2.21. The summed E-state index contributed by atoms with van der Waals surface area (Å²) in [6.07, 6.45) is 6.76. The Morgan fingerprint density at radius 3 is 2.26 bits per heavy atom. The fourth-order valence-electron chi connectivity index (χ4n) is 5.85. The molecule has 0 unspecified atom stereocenters. The van der Waals surface area contributed by atoms with Crippen molar-refractivity contribution in [2.75, 3.05) is 5.32 Å². The number of benzene rings is 4. The zero-order valence-corrected chi connectivity index (χ0v) is 20.8. The van der Waals surface area contributed by atoms with Crippen LogP contribution >= 0.6 is 0 Å². The van der Waals surface area contributed by atoms with Crippen LogP contribution in [0.4, 0.5) is 17.1 Å². The third-order valence-corrected chi connectivity index (χ3v) is 7.73. The van der Waals surface area contributed by atoms with Gasteiger partial charge in [-0.1, -0.05) is 86.7 Å². The van der Waals surface area contributed by atoms with Crippen LogP contribution in [-0.2, 0) is 10.8 Å². The molecule has 2 heterocycles. The van der Waals surface area contributed by atoms with E-state index in [-0.39, 0.29) is 10.8 Å². The average Bonchev–Trinajstić information content (AvgIpc) is 3.26. The normalized spacial score (nSPS) is 18.8. The molecule has 6 rings (SSSR count). The fraction of sp³-hybridized carbons (Fsp3) is 0.182. The predicted molar refractivity (Wildman–Crippen MR) is 150 cm³/mol. The molecule has 0 aromatic heterocycles. The number of para-hydroxylation sites is 2. The summed E-state index contributed by atoms with van der Waals surface area (Å²) in [5.41, 5.74) is 8.70. The van der Waals surface area contributed by atoms with E-state index in [1.807, 2.05) is 0 Å². The summed E-state index contributed by atoms with van der Waals surface area (Å²) in [6.45, 7) is 9.27. The lowest BCUT2D eigenvalue weighted by atomic mass is 9.80. The van der Waals surface area contributed by atoms with Gasteiger partial charge in [-0.25, -0.2) is 0 Å². The fourth-order valence-corrected chi connectivity index (χ4v) is 5.85. The summed E-state index contributed by atoms with van der Waals surface area (Å²) in [5.74, 6) is 0. The first-order valence-corrected chi connectivity index (χ1v) is 12.4. The molecule has 2 aliphatic heterocycles. The van der Waals surface area contributed by atoms with E-state index >= 15 is 0 Å². The van der Waals surface area contributed by atoms with Crippen LogP contribution < -0.4 is 9.89 Å². The molecule has 0 atom stereocenters. The van der Waals surface area contributed by atoms with Gasteiger partial charge in [0.25, 0.3) is 0 Å². The Bertz CT molecular complexity index is 1550. The maximum Gasteiger partial charge on any atom is 0.215 e. The standard InChI is InChI=1S/C33H30N2/c1-32(2)26-17-10-11-18-28(26)35(24-14-6-5-7-15-24)30(32)20-12-19-29-33(3,4)31-25-16-9-8-13-23(25)21-22-27(31)34-29/h5-22H,1-4H3/p+1. The molecule has 0 saturated carbocycles. The molecule has 172 valence electrons. The van der Waals surface area contributed by atoms with E-state index in [0.717, 1.165) is 0 Å². The first-order valence-electron chi connectivity index (χ1n) is 12.4. The molecular weight excluding hydrogens is 424 g/mol. The maximum absolute atomic E-state index is 3.71. The molecular formula is C33H31N2+. The molecule has 4 aromatic rings. The highest BCUT2D eigenvalue weighted by Gasteiger charge is 2.45. The van der Waals surface area contributed by atoms with Crippen LogP contribution in [-0.4, -0.2) is 5.71 Å². The Kier molecular flexibility index (Phi) is 4.82. The van der Waals surface area contributed by atoms with Gasteiger partial charge in [0.1, 0.15) is 0 Å². The minimum absolute atomic E-state index is 0.0980. The Hall–Kier alpha value is -3.91. The quantitative estimate of drug-likeness (QED) is 0.307. The Morgan fingerprint density at radius 2 is 1.43 bits per heavy atom. The number of hydrogen-bond acceptors (Lipinski definition) is 1. The van der Waals surface area contributed by atoms with Crippen LogP contribution in [0.5, 0.6) is 0 Å². The minimum atomic E-state index is -0.0987. The summed E-state index contributed by atoms with van der Waals surface area (Å²) in [6, 6.07) is 32.5. The van der Waals surface area contributed by atoms with Gasteiger partial charge >= 0.3 is 0 Å². The lowest BCUT2D eigenvalue weighted by molar-refractivity contribution is 0.659. The first kappa shape index (κ1) is 21.6. The molecule has 0 aliphatic carbocycles. The highest BCUT2D eigenvalue weighted by Crippen LogP contribution is 2.47. The molecule has 2 nitrogen and oxygen atoms in total. The molecule has 2 heteroatoms. The van der Waals surface area contributed by atoms with E-state index in [9.17, 15) is 0 Å². The number of rotatable bonds is 3. The van der Waals surface area contributed by atoms with Gasteiger partial charge in [0, 0.05) is 46.6 Å². The van der Waals surface area contributed by atoms with Crippen molar-refractivity contribution in [3.8, 4) is 0 Å². The van der Waals surface area contributed by atoms with Gasteiger partial charge < -0.3 is 5.32 Å². The minimum Gasteiger partial charge on any atom is -0.358 e. The molecule has 0 radical (unpaired) electrons. The van der Waals surface area contributed by atoms with Crippen LogP contribution in [0.15, 0.2) is 115 Å². The second-order valence-corrected chi connectivity index (χ2v) is 10.6. The molecule has 0 fully saturated rings. The molecule has 0 amide bonds. The Balaban J connectivity index is 1.44. The SMILES string of the molecule is CC1(C)C(/C=C/C=C2/Nc3ccc4ccccc4c3C2(C)C)=[N+](c2ccccc2)c2ccccc21. The van der Waals surface area contributed by atoms with Crippen molar-refractivity contribution in [3.63, 3.8) is 0 Å². The number of anilines is 1. The Labute approximate surface area is 208 Å². The second-order valence-electron chi connectivity index (χ2n) is 10.6. The number of hydrogen-bond donors (Lipinski definition) is 1. The molecule has 2 aliphatic rings. The summed E-state index contributed by atoms with van der Waals surface area (Å²) in [5, 5.41) is 6.33. The van der Waals surface area contributed by atoms with Gasteiger partial charge in [0.2, 0.25) is 11.4 Å². The van der Waals surface area contributed by atoms with Crippen LogP contribution in [0.3, 0.4) is 0 Å². The second kappa shape index (κ2) is 7.81. The molecule has 0 saturated heterocycles. The molecule has 0 spiro atoms. The van der Waals surface area contributed by atoms with Crippen molar-refractivity contribution in [3.05, 3.63) is 126 Å². The van der Waals surface area contributed by atoms with Crippen molar-refractivity contribution in [2.45, 2.75) is 38.5 Å². The third kappa shape index (κ3) is 3.28. The number of nitrogens with one attached hydrogen (secondary N) is 1. The van der Waals surface area contributed by atoms with Crippen LogP contribution in [0, 0.1) is 0 Å². The summed E-state index contributed by atoms with van der Waals surface area (Å²) in [7, 11) is 0. The zero-order chi connectivity index (χ0) is 24.2. The van der Waals surface area contributed by atoms with Crippen molar-refractivity contribution in [1.29, 1.82) is 0 Å². The zero-order valence-electron chi connectivity index (χ0n) is 20.8. The van der Waals surface area contributed by atoms with E-state index in [1.165, 1.54) is 50.4 Å². The predicted octanol–water partition coefficient (Wildman–Crippen LogP) is 8.25. The molecule has 0 bridgehead atoms. The van der Waals surface area contributed by atoms with Crippen molar-refractivity contribution in [1.82, 2.24) is 4.58 Å². The van der Waals surface area contributed by atoms with E-state index in [1.54, 1.807) is 0 Å². The van der Waals surface area contributed by atoms with Gasteiger partial charge in [-0.05, 0) is 42.3 Å². The van der Waals surface area contributed by atoms with Crippen molar-refractivity contribution >= 4 is 33.5 Å². The summed E-state index contributed by atoms with van der Waals surface area (Å²) in [4.78, 5) is 0. The highest BCUT2D eigenvalue weighted by atomic mass is 15.1. The summed E-state index contributed by atoms with van der Waals surface area (Å²) >= 11 is 0. The van der Waals surface area contributed by atoms with Gasteiger partial charge in [-0.3, -0.25) is 0 Å². The van der Waals surface area contributed by atoms with E-state index < -0.39 is 0 Å². The van der Waals surface area contributed by atoms with Gasteiger partial charge in [0.05, 0.1) is 5.41 Å². The van der Waals surface area contributed by atoms with Crippen LogP contribution in [0.1, 0.15) is 38.8 Å². The first-order chi connectivity index (χ1) is 16.9. The van der Waals surface area contributed by atoms with Gasteiger partial charge in [-0.15, -0.1) is 0 Å². The van der Waals surface area contributed by atoms with E-state index in [2.05, 4.69) is 147 Å². The molecule has 4 aromatic carbocycles. The van der Waals surface area contributed by atoms with Crippen LogP contribution in [0.25, 0.3) is 10.8 Å². The largest absolute Gasteiger partial charge is 0.358 e. The maximum atomic E-state index is 3.71. The monoisotopic (exact) mass is 455 g/mol. The summed E-state index contributed by atoms with van der Waals surface area (Å²) < 4.78 is 2.40. The topological polar surface area (TPSA) is 15.0 Å². The Morgan fingerprint density at radius 1 is 0.714 bits per heavy atom. The number of nitrogens with zero attached hydrogens (tertiary/aromatic N) is 1. The van der Waals surface area contributed by atoms with Gasteiger partial charge in [0.15, 0.2) is 5.71 Å². The van der Waals surface area contributed by atoms with Crippen molar-refractivity contribution in [2.24, 2.45) is 0 Å². The average molecular weight is 456 g/mol. The highest BCUT2D eigenvalue weighted by molar-refractivity contribution is 6.10. The molecule has 1 N–H and O–H groups in total. The van der Waals surface area contributed by atoms with Crippen LogP contribution in [0.2, 0.25) is 0 Å². The van der Waals surface area contributed by atoms with E-state index in [0.29, 0.717) is 0 Å². The lowest BCUT2D eigenvalue weighted by Crippen LogP contribution is -2.27. The number of allylic oxidation sites excluding steroid dienone is 4. The number of fused-ring (bicyclic) bond motifs is 4. The van der Waals surface area contributed by atoms with E-state index in [4.69, 9.17) is 0 Å². The van der Waals surface area contributed by atoms with Gasteiger partial charge in [-0.2, -0.15) is 4.58 Å². The smallest absolute Gasteiger partial charge is 0.215 e. The third-order valence-electron chi connectivity index (χ3n) is 7.73. The molecule has 35 heavy (non-hydrogen) atoms. The van der Waals surface area contributed by atoms with Crippen molar-refractivity contribution < 1.29 is 0 Å².